The van der Waals surface area contributed by atoms with Crippen molar-refractivity contribution in [2.24, 2.45) is 0 Å². The molecule has 1 aromatic rings. The van der Waals surface area contributed by atoms with E-state index in [-0.39, 0.29) is 17.3 Å². The third kappa shape index (κ3) is 3.67. The van der Waals surface area contributed by atoms with Gasteiger partial charge in [0.15, 0.2) is 6.10 Å². The van der Waals surface area contributed by atoms with Crippen LogP contribution in [0.5, 0.6) is 0 Å². The number of hydrogen-bond acceptors (Lipinski definition) is 6. The van der Waals surface area contributed by atoms with Gasteiger partial charge in [0.05, 0.1) is 12.2 Å². The summed E-state index contributed by atoms with van der Waals surface area (Å²) >= 11 is 0.793. The highest BCUT2D eigenvalue weighted by Gasteiger charge is 2.33. The van der Waals surface area contributed by atoms with Gasteiger partial charge in [-0.1, -0.05) is 42.1 Å². The summed E-state index contributed by atoms with van der Waals surface area (Å²) in [7, 11) is 0. The lowest BCUT2D eigenvalue weighted by Gasteiger charge is -2.07. The van der Waals surface area contributed by atoms with Gasteiger partial charge < -0.3 is 4.74 Å². The van der Waals surface area contributed by atoms with Gasteiger partial charge in [0.1, 0.15) is 0 Å². The fourth-order valence-electron chi connectivity index (χ4n) is 1.60. The van der Waals surface area contributed by atoms with Crippen molar-refractivity contribution in [2.45, 2.75) is 12.5 Å². The predicted octanol–water partition coefficient (Wildman–Crippen LogP) is 0.518. The van der Waals surface area contributed by atoms with Crippen molar-refractivity contribution in [3.8, 4) is 0 Å². The maximum atomic E-state index is 11.7. The molecule has 1 heterocycles. The standard InChI is InChI=1S/C13H11NO5S/c15-10-6-9(12(17)14-10)19-11(16)7-20-13(18)8-4-2-1-3-5-8/h1-5,9H,6-7H2,(H,14,15,17). The van der Waals surface area contributed by atoms with E-state index >= 15 is 0 Å². The van der Waals surface area contributed by atoms with E-state index in [4.69, 9.17) is 4.74 Å². The van der Waals surface area contributed by atoms with Gasteiger partial charge in [0.25, 0.3) is 5.91 Å². The van der Waals surface area contributed by atoms with Crippen LogP contribution in [0, 0.1) is 0 Å². The van der Waals surface area contributed by atoms with Crippen LogP contribution < -0.4 is 5.32 Å². The lowest BCUT2D eigenvalue weighted by molar-refractivity contribution is -0.151. The van der Waals surface area contributed by atoms with Crippen molar-refractivity contribution in [2.75, 3.05) is 5.75 Å². The Labute approximate surface area is 118 Å². The molecular formula is C13H11NO5S. The highest BCUT2D eigenvalue weighted by molar-refractivity contribution is 8.14. The molecule has 1 aliphatic rings. The molecule has 1 N–H and O–H groups in total. The summed E-state index contributed by atoms with van der Waals surface area (Å²) in [4.78, 5) is 45.3. The van der Waals surface area contributed by atoms with Gasteiger partial charge in [-0.05, 0) is 0 Å². The Morgan fingerprint density at radius 3 is 2.55 bits per heavy atom. The lowest BCUT2D eigenvalue weighted by atomic mass is 10.2. The monoisotopic (exact) mass is 293 g/mol. The van der Waals surface area contributed by atoms with Gasteiger partial charge in [-0.25, -0.2) is 0 Å². The molecule has 1 aliphatic heterocycles. The van der Waals surface area contributed by atoms with Crippen LogP contribution >= 0.6 is 11.8 Å². The maximum Gasteiger partial charge on any atom is 0.317 e. The zero-order valence-corrected chi connectivity index (χ0v) is 11.1. The molecule has 6 nitrogen and oxygen atoms in total. The smallest absolute Gasteiger partial charge is 0.317 e. The number of hydrogen-bond donors (Lipinski definition) is 1. The molecule has 1 aromatic carbocycles. The van der Waals surface area contributed by atoms with Crippen LogP contribution in [0.15, 0.2) is 30.3 Å². The van der Waals surface area contributed by atoms with E-state index in [9.17, 15) is 19.2 Å². The second-order valence-corrected chi connectivity index (χ2v) is 4.99. The number of carbonyl (C=O) groups excluding carboxylic acids is 4. The first-order chi connectivity index (χ1) is 9.56. The van der Waals surface area contributed by atoms with Crippen LogP contribution in [0.1, 0.15) is 16.8 Å². The summed E-state index contributed by atoms with van der Waals surface area (Å²) in [6.07, 6.45) is -1.25. The minimum atomic E-state index is -1.08. The first-order valence-electron chi connectivity index (χ1n) is 5.81. The summed E-state index contributed by atoms with van der Waals surface area (Å²) < 4.78 is 4.84. The number of carbonyl (C=O) groups is 4. The summed E-state index contributed by atoms with van der Waals surface area (Å²) in [5.41, 5.74) is 0.485. The molecule has 0 spiro atoms. The van der Waals surface area contributed by atoms with Gasteiger partial charge in [0.2, 0.25) is 11.0 Å². The molecule has 104 valence electrons. The quantitative estimate of drug-likeness (QED) is 0.643. The first kappa shape index (κ1) is 14.3. The molecule has 1 atom stereocenters. The second kappa shape index (κ2) is 6.33. The molecule has 20 heavy (non-hydrogen) atoms. The topological polar surface area (TPSA) is 89.5 Å². The Balaban J connectivity index is 1.80. The van der Waals surface area contributed by atoms with Crippen molar-refractivity contribution in [1.82, 2.24) is 5.32 Å². The number of ether oxygens (including phenoxy) is 1. The normalized spacial score (nSPS) is 17.7. The minimum absolute atomic E-state index is 0.165. The molecule has 0 bridgehead atoms. The Morgan fingerprint density at radius 2 is 1.95 bits per heavy atom. The van der Waals surface area contributed by atoms with Crippen LogP contribution in [0.3, 0.4) is 0 Å². The van der Waals surface area contributed by atoms with Crippen molar-refractivity contribution >= 4 is 34.7 Å². The Morgan fingerprint density at radius 1 is 1.25 bits per heavy atom. The molecule has 2 amide bonds. The molecule has 1 unspecified atom stereocenters. The van der Waals surface area contributed by atoms with Crippen molar-refractivity contribution in [1.29, 1.82) is 0 Å². The Hall–Kier alpha value is -2.15. The molecule has 2 rings (SSSR count). The molecular weight excluding hydrogens is 282 g/mol. The van der Waals surface area contributed by atoms with Gasteiger partial charge in [0, 0.05) is 5.56 Å². The van der Waals surface area contributed by atoms with Crippen LogP contribution in [-0.4, -0.2) is 34.8 Å². The van der Waals surface area contributed by atoms with Crippen molar-refractivity contribution in [3.05, 3.63) is 35.9 Å². The number of imide groups is 1. The van der Waals surface area contributed by atoms with E-state index < -0.39 is 23.9 Å². The molecule has 0 radical (unpaired) electrons. The summed E-state index contributed by atoms with van der Waals surface area (Å²) in [6, 6.07) is 8.51. The fourth-order valence-corrected chi connectivity index (χ4v) is 2.22. The van der Waals surface area contributed by atoms with Gasteiger partial charge in [-0.3, -0.25) is 24.5 Å². The van der Waals surface area contributed by atoms with E-state index in [2.05, 4.69) is 0 Å². The van der Waals surface area contributed by atoms with Crippen LogP contribution in [0.4, 0.5) is 0 Å². The van der Waals surface area contributed by atoms with E-state index in [1.54, 1.807) is 30.3 Å². The van der Waals surface area contributed by atoms with Crippen LogP contribution in [0.2, 0.25) is 0 Å². The van der Waals surface area contributed by atoms with E-state index in [1.807, 2.05) is 5.32 Å². The molecule has 7 heteroatoms. The Bertz CT molecular complexity index is 557. The molecule has 0 aromatic heterocycles. The first-order valence-corrected chi connectivity index (χ1v) is 6.80. The summed E-state index contributed by atoms with van der Waals surface area (Å²) in [5.74, 6) is -2.00. The zero-order valence-electron chi connectivity index (χ0n) is 10.3. The Kier molecular flexibility index (Phi) is 4.52. The van der Waals surface area contributed by atoms with E-state index in [0.717, 1.165) is 11.8 Å². The van der Waals surface area contributed by atoms with Crippen LogP contribution in [0.25, 0.3) is 0 Å². The SMILES string of the molecule is O=C1CC(OC(=O)CSC(=O)c2ccccc2)C(=O)N1. The van der Waals surface area contributed by atoms with Crippen molar-refractivity contribution in [3.63, 3.8) is 0 Å². The summed E-state index contributed by atoms with van der Waals surface area (Å²) in [5, 5.41) is 1.78. The van der Waals surface area contributed by atoms with Crippen molar-refractivity contribution < 1.29 is 23.9 Å². The third-order valence-corrected chi connectivity index (χ3v) is 3.41. The number of benzene rings is 1. The maximum absolute atomic E-state index is 11.7. The van der Waals surface area contributed by atoms with Gasteiger partial charge >= 0.3 is 5.97 Å². The number of nitrogens with one attached hydrogen (secondary N) is 1. The molecule has 1 saturated heterocycles. The van der Waals surface area contributed by atoms with E-state index in [0.29, 0.717) is 5.56 Å². The second-order valence-electron chi connectivity index (χ2n) is 4.04. The molecule has 0 saturated carbocycles. The van der Waals surface area contributed by atoms with Gasteiger partial charge in [-0.15, -0.1) is 0 Å². The average Bonchev–Trinajstić information content (AvgIpc) is 2.75. The van der Waals surface area contributed by atoms with Crippen LogP contribution in [-0.2, 0) is 19.1 Å². The predicted molar refractivity (Wildman–Crippen MR) is 70.9 cm³/mol. The largest absolute Gasteiger partial charge is 0.451 e. The average molecular weight is 293 g/mol. The zero-order chi connectivity index (χ0) is 14.5. The molecule has 1 fully saturated rings. The summed E-state index contributed by atoms with van der Waals surface area (Å²) in [6.45, 7) is 0. The van der Waals surface area contributed by atoms with Gasteiger partial charge in [-0.2, -0.15) is 0 Å². The third-order valence-electron chi connectivity index (χ3n) is 2.53. The fraction of sp³-hybridized carbons (Fsp3) is 0.231. The number of thioether (sulfide) groups is 1. The number of amides is 2. The number of esters is 1. The minimum Gasteiger partial charge on any atom is -0.451 e. The number of rotatable bonds is 4. The highest BCUT2D eigenvalue weighted by Crippen LogP contribution is 2.14. The van der Waals surface area contributed by atoms with E-state index in [1.165, 1.54) is 0 Å². The highest BCUT2D eigenvalue weighted by atomic mass is 32.2. The lowest BCUT2D eigenvalue weighted by Crippen LogP contribution is -2.29. The molecule has 0 aliphatic carbocycles.